The minimum atomic E-state index is -0.543. The highest BCUT2D eigenvalue weighted by Gasteiger charge is 2.23. The predicted octanol–water partition coefficient (Wildman–Crippen LogP) is 4.11. The molecule has 1 unspecified atom stereocenters. The quantitative estimate of drug-likeness (QED) is 0.680. The van der Waals surface area contributed by atoms with Crippen LogP contribution in [-0.4, -0.2) is 27.7 Å². The molecular weight excluding hydrogens is 392 g/mol. The van der Waals surface area contributed by atoms with E-state index in [9.17, 15) is 9.59 Å². The molecule has 1 aliphatic rings. The van der Waals surface area contributed by atoms with E-state index >= 15 is 0 Å². The van der Waals surface area contributed by atoms with Crippen LogP contribution in [0.25, 0.3) is 5.69 Å². The van der Waals surface area contributed by atoms with Gasteiger partial charge in [-0.1, -0.05) is 11.6 Å². The molecule has 0 aliphatic carbocycles. The predicted molar refractivity (Wildman–Crippen MR) is 111 cm³/mol. The molecule has 0 saturated heterocycles. The van der Waals surface area contributed by atoms with Crippen molar-refractivity contribution in [1.82, 2.24) is 9.78 Å². The Morgan fingerprint density at radius 1 is 1.21 bits per heavy atom. The van der Waals surface area contributed by atoms with Crippen molar-refractivity contribution in [1.29, 1.82) is 0 Å². The van der Waals surface area contributed by atoms with Gasteiger partial charge in [0.05, 0.1) is 27.8 Å². The number of amides is 2. The third-order valence-corrected chi connectivity index (χ3v) is 5.29. The molecule has 0 saturated carbocycles. The molecule has 8 heteroatoms. The fourth-order valence-electron chi connectivity index (χ4n) is 3.12. The van der Waals surface area contributed by atoms with Crippen molar-refractivity contribution < 1.29 is 14.3 Å². The summed E-state index contributed by atoms with van der Waals surface area (Å²) in [6, 6.07) is 12.2. The molecule has 2 N–H and O–H groups in total. The SMILES string of the molecule is Cc1nn(-c2ccc(C(=O)Nc3ccc4c(c3)NC(=O)C(C)O4)cc2)c(C)c1Cl. The van der Waals surface area contributed by atoms with Crippen molar-refractivity contribution in [3.05, 3.63) is 64.4 Å². The van der Waals surface area contributed by atoms with Gasteiger partial charge in [-0.05, 0) is 63.2 Å². The van der Waals surface area contributed by atoms with E-state index in [2.05, 4.69) is 15.7 Å². The van der Waals surface area contributed by atoms with Crippen LogP contribution in [0.1, 0.15) is 28.7 Å². The molecule has 2 amide bonds. The average Bonchev–Trinajstić information content (AvgIpc) is 2.96. The van der Waals surface area contributed by atoms with Crippen molar-refractivity contribution in [2.45, 2.75) is 26.9 Å². The maximum absolute atomic E-state index is 12.6. The van der Waals surface area contributed by atoms with Crippen LogP contribution in [0.4, 0.5) is 11.4 Å². The van der Waals surface area contributed by atoms with Gasteiger partial charge in [0.2, 0.25) is 0 Å². The van der Waals surface area contributed by atoms with Gasteiger partial charge < -0.3 is 15.4 Å². The summed E-state index contributed by atoms with van der Waals surface area (Å²) in [4.78, 5) is 24.4. The molecule has 29 heavy (non-hydrogen) atoms. The summed E-state index contributed by atoms with van der Waals surface area (Å²) >= 11 is 6.21. The molecule has 1 aromatic heterocycles. The number of hydrogen-bond acceptors (Lipinski definition) is 4. The van der Waals surface area contributed by atoms with Crippen molar-refractivity contribution in [2.75, 3.05) is 10.6 Å². The lowest BCUT2D eigenvalue weighted by Gasteiger charge is -2.23. The Balaban J connectivity index is 1.51. The summed E-state index contributed by atoms with van der Waals surface area (Å²) in [6.07, 6.45) is -0.543. The Hall–Kier alpha value is -3.32. The molecule has 0 spiro atoms. The van der Waals surface area contributed by atoms with E-state index in [1.807, 2.05) is 26.0 Å². The molecule has 3 aromatic rings. The lowest BCUT2D eigenvalue weighted by molar-refractivity contribution is -0.122. The van der Waals surface area contributed by atoms with Gasteiger partial charge in [-0.2, -0.15) is 5.10 Å². The van der Waals surface area contributed by atoms with E-state index < -0.39 is 6.10 Å². The second-order valence-electron chi connectivity index (χ2n) is 6.86. The van der Waals surface area contributed by atoms with E-state index in [0.29, 0.717) is 27.7 Å². The summed E-state index contributed by atoms with van der Waals surface area (Å²) in [5.41, 5.74) is 3.99. The number of nitrogens with one attached hydrogen (secondary N) is 2. The topological polar surface area (TPSA) is 85.3 Å². The van der Waals surface area contributed by atoms with Crippen LogP contribution in [0.5, 0.6) is 5.75 Å². The lowest BCUT2D eigenvalue weighted by atomic mass is 10.1. The number of aryl methyl sites for hydroxylation is 1. The molecule has 0 radical (unpaired) electrons. The number of benzene rings is 2. The van der Waals surface area contributed by atoms with Gasteiger partial charge in [0, 0.05) is 11.3 Å². The zero-order valence-electron chi connectivity index (χ0n) is 16.1. The number of halogens is 1. The first-order valence-corrected chi connectivity index (χ1v) is 9.46. The van der Waals surface area contributed by atoms with Gasteiger partial charge in [-0.3, -0.25) is 9.59 Å². The minimum absolute atomic E-state index is 0.221. The van der Waals surface area contributed by atoms with Gasteiger partial charge >= 0.3 is 0 Å². The zero-order valence-corrected chi connectivity index (χ0v) is 16.9. The normalized spacial score (nSPS) is 15.3. The first kappa shape index (κ1) is 19.0. The van der Waals surface area contributed by atoms with Gasteiger partial charge in [0.25, 0.3) is 11.8 Å². The molecule has 2 aromatic carbocycles. The Morgan fingerprint density at radius 3 is 2.59 bits per heavy atom. The largest absolute Gasteiger partial charge is 0.479 e. The Labute approximate surface area is 172 Å². The fourth-order valence-corrected chi connectivity index (χ4v) is 3.24. The first-order valence-electron chi connectivity index (χ1n) is 9.08. The second-order valence-corrected chi connectivity index (χ2v) is 7.24. The van der Waals surface area contributed by atoms with Crippen molar-refractivity contribution in [3.8, 4) is 11.4 Å². The molecular formula is C21H19ClN4O3. The highest BCUT2D eigenvalue weighted by atomic mass is 35.5. The van der Waals surface area contributed by atoms with E-state index in [1.165, 1.54) is 0 Å². The molecule has 0 bridgehead atoms. The summed E-state index contributed by atoms with van der Waals surface area (Å²) in [5, 5.41) is 10.6. The van der Waals surface area contributed by atoms with E-state index in [0.717, 1.165) is 17.1 Å². The minimum Gasteiger partial charge on any atom is -0.479 e. The smallest absolute Gasteiger partial charge is 0.265 e. The molecule has 7 nitrogen and oxygen atoms in total. The number of nitrogens with zero attached hydrogens (tertiary/aromatic N) is 2. The van der Waals surface area contributed by atoms with E-state index in [-0.39, 0.29) is 11.8 Å². The van der Waals surface area contributed by atoms with E-state index in [1.54, 1.807) is 41.9 Å². The maximum Gasteiger partial charge on any atom is 0.265 e. The third-order valence-electron chi connectivity index (χ3n) is 4.75. The van der Waals surface area contributed by atoms with Crippen LogP contribution in [0.3, 0.4) is 0 Å². The second kappa shape index (κ2) is 7.25. The highest BCUT2D eigenvalue weighted by molar-refractivity contribution is 6.31. The van der Waals surface area contributed by atoms with Gasteiger partial charge in [0.15, 0.2) is 6.10 Å². The molecule has 2 heterocycles. The first-order chi connectivity index (χ1) is 13.8. The van der Waals surface area contributed by atoms with Crippen LogP contribution in [0, 0.1) is 13.8 Å². The Bertz CT molecular complexity index is 1120. The standard InChI is InChI=1S/C21H19ClN4O3/c1-11-19(22)12(2)26(25-11)16-7-4-14(5-8-16)21(28)23-15-6-9-18-17(10-15)24-20(27)13(3)29-18/h4-10,13H,1-3H3,(H,23,28)(H,24,27). The zero-order chi connectivity index (χ0) is 20.7. The number of carbonyl (C=O) groups is 2. The maximum atomic E-state index is 12.6. The van der Waals surface area contributed by atoms with Crippen LogP contribution in [0.2, 0.25) is 5.02 Å². The van der Waals surface area contributed by atoms with Crippen LogP contribution in [0.15, 0.2) is 42.5 Å². The van der Waals surface area contributed by atoms with Crippen LogP contribution in [-0.2, 0) is 4.79 Å². The van der Waals surface area contributed by atoms with Crippen LogP contribution < -0.4 is 15.4 Å². The number of rotatable bonds is 3. The van der Waals surface area contributed by atoms with Crippen molar-refractivity contribution >= 4 is 34.8 Å². The van der Waals surface area contributed by atoms with E-state index in [4.69, 9.17) is 16.3 Å². The number of ether oxygens (including phenoxy) is 1. The Morgan fingerprint density at radius 2 is 1.93 bits per heavy atom. The number of anilines is 2. The van der Waals surface area contributed by atoms with Crippen molar-refractivity contribution in [3.63, 3.8) is 0 Å². The van der Waals surface area contributed by atoms with Crippen LogP contribution >= 0.6 is 11.6 Å². The molecule has 148 valence electrons. The summed E-state index contributed by atoms with van der Waals surface area (Å²) in [5.74, 6) is 0.0862. The van der Waals surface area contributed by atoms with Gasteiger partial charge in [-0.15, -0.1) is 0 Å². The molecule has 1 atom stereocenters. The highest BCUT2D eigenvalue weighted by Crippen LogP contribution is 2.32. The average molecular weight is 411 g/mol. The monoisotopic (exact) mass is 410 g/mol. The number of hydrogen-bond donors (Lipinski definition) is 2. The number of carbonyl (C=O) groups excluding carboxylic acids is 2. The molecule has 1 aliphatic heterocycles. The fraction of sp³-hybridized carbons (Fsp3) is 0.190. The van der Waals surface area contributed by atoms with Crippen molar-refractivity contribution in [2.24, 2.45) is 0 Å². The van der Waals surface area contributed by atoms with Gasteiger partial charge in [-0.25, -0.2) is 4.68 Å². The Kier molecular flexibility index (Phi) is 4.76. The number of fused-ring (bicyclic) bond motifs is 1. The molecule has 4 rings (SSSR count). The molecule has 0 fully saturated rings. The lowest BCUT2D eigenvalue weighted by Crippen LogP contribution is -2.34. The van der Waals surface area contributed by atoms with Gasteiger partial charge in [0.1, 0.15) is 5.75 Å². The summed E-state index contributed by atoms with van der Waals surface area (Å²) in [7, 11) is 0. The summed E-state index contributed by atoms with van der Waals surface area (Å²) in [6.45, 7) is 5.42. The third kappa shape index (κ3) is 3.56. The number of aromatic nitrogens is 2. The summed E-state index contributed by atoms with van der Waals surface area (Å²) < 4.78 is 7.26.